The highest BCUT2D eigenvalue weighted by Gasteiger charge is 2.24. The van der Waals surface area contributed by atoms with Gasteiger partial charge >= 0.3 is 6.09 Å². The third kappa shape index (κ3) is 6.66. The Kier molecular flexibility index (Phi) is 6.31. The third-order valence-electron chi connectivity index (χ3n) is 3.76. The number of nitrogens with one attached hydrogen (secondary N) is 1. The molecule has 1 fully saturated rings. The fourth-order valence-electron chi connectivity index (χ4n) is 2.75. The van der Waals surface area contributed by atoms with Crippen LogP contribution in [0.2, 0.25) is 0 Å². The van der Waals surface area contributed by atoms with Crippen LogP contribution >= 0.6 is 0 Å². The average molecular weight is 335 g/mol. The quantitative estimate of drug-likeness (QED) is 0.809. The first-order valence-corrected chi connectivity index (χ1v) is 8.52. The van der Waals surface area contributed by atoms with Crippen LogP contribution in [0.4, 0.5) is 10.5 Å². The molecule has 24 heavy (non-hydrogen) atoms. The van der Waals surface area contributed by atoms with Crippen LogP contribution in [-0.4, -0.2) is 48.9 Å². The second-order valence-corrected chi connectivity index (χ2v) is 7.21. The van der Waals surface area contributed by atoms with Gasteiger partial charge in [-0.05, 0) is 52.3 Å². The minimum atomic E-state index is -0.468. The number of piperidine rings is 1. The van der Waals surface area contributed by atoms with E-state index < -0.39 is 5.60 Å². The summed E-state index contributed by atoms with van der Waals surface area (Å²) in [5, 5.41) is 2.96. The Morgan fingerprint density at radius 2 is 2.21 bits per heavy atom. The zero-order chi connectivity index (χ0) is 17.6. The third-order valence-corrected chi connectivity index (χ3v) is 3.76. The lowest BCUT2D eigenvalue weighted by Crippen LogP contribution is -2.49. The van der Waals surface area contributed by atoms with Crippen molar-refractivity contribution in [3.8, 4) is 5.75 Å². The highest BCUT2D eigenvalue weighted by Crippen LogP contribution is 2.15. The summed E-state index contributed by atoms with van der Waals surface area (Å²) >= 11 is 0. The van der Waals surface area contributed by atoms with Gasteiger partial charge in [0.2, 0.25) is 0 Å². The van der Waals surface area contributed by atoms with Crippen LogP contribution in [0.3, 0.4) is 0 Å². The van der Waals surface area contributed by atoms with E-state index in [1.54, 1.807) is 0 Å². The van der Waals surface area contributed by atoms with Gasteiger partial charge in [0, 0.05) is 30.9 Å². The van der Waals surface area contributed by atoms with E-state index in [1.807, 2.05) is 45.0 Å². The number of nitrogens with two attached hydrogens (primary N) is 1. The van der Waals surface area contributed by atoms with Gasteiger partial charge in [-0.15, -0.1) is 0 Å². The molecule has 3 N–H and O–H groups in total. The van der Waals surface area contributed by atoms with E-state index in [0.717, 1.165) is 38.2 Å². The molecule has 0 spiro atoms. The number of ether oxygens (including phenoxy) is 2. The van der Waals surface area contributed by atoms with E-state index in [4.69, 9.17) is 15.2 Å². The lowest BCUT2D eigenvalue weighted by molar-refractivity contribution is 0.0469. The predicted octanol–water partition coefficient (Wildman–Crippen LogP) is 2.64. The van der Waals surface area contributed by atoms with Crippen LogP contribution in [0.15, 0.2) is 24.3 Å². The number of nitrogen functional groups attached to an aromatic ring is 1. The van der Waals surface area contributed by atoms with Crippen molar-refractivity contribution in [3.63, 3.8) is 0 Å². The van der Waals surface area contributed by atoms with Gasteiger partial charge in [0.1, 0.15) is 18.0 Å². The van der Waals surface area contributed by atoms with Crippen molar-refractivity contribution in [1.82, 2.24) is 10.2 Å². The molecule has 1 atom stereocenters. The van der Waals surface area contributed by atoms with Gasteiger partial charge in [-0.3, -0.25) is 4.90 Å². The first kappa shape index (κ1) is 18.4. The second kappa shape index (κ2) is 8.24. The molecule has 6 nitrogen and oxygen atoms in total. The summed E-state index contributed by atoms with van der Waals surface area (Å²) in [7, 11) is 0. The minimum Gasteiger partial charge on any atom is -0.492 e. The zero-order valence-electron chi connectivity index (χ0n) is 14.9. The molecule has 1 unspecified atom stereocenters. The molecule has 1 aliphatic heterocycles. The number of rotatable bonds is 5. The van der Waals surface area contributed by atoms with Crippen molar-refractivity contribution in [2.75, 3.05) is 32.0 Å². The Balaban J connectivity index is 1.72. The molecule has 1 aromatic carbocycles. The molecule has 0 bridgehead atoms. The number of carbonyl (C=O) groups is 1. The van der Waals surface area contributed by atoms with Crippen LogP contribution in [0.5, 0.6) is 5.75 Å². The molecule has 0 saturated carbocycles. The van der Waals surface area contributed by atoms with Crippen molar-refractivity contribution in [2.24, 2.45) is 0 Å². The van der Waals surface area contributed by atoms with Crippen molar-refractivity contribution >= 4 is 11.8 Å². The maximum absolute atomic E-state index is 11.9. The fraction of sp³-hybridized carbons (Fsp3) is 0.611. The molecule has 0 aromatic heterocycles. The van der Waals surface area contributed by atoms with Crippen molar-refractivity contribution in [3.05, 3.63) is 24.3 Å². The summed E-state index contributed by atoms with van der Waals surface area (Å²) in [5.41, 5.74) is 5.97. The number of hydrogen-bond donors (Lipinski definition) is 2. The molecular weight excluding hydrogens is 306 g/mol. The van der Waals surface area contributed by atoms with E-state index in [2.05, 4.69) is 10.2 Å². The highest BCUT2D eigenvalue weighted by molar-refractivity contribution is 5.68. The summed E-state index contributed by atoms with van der Waals surface area (Å²) in [6.07, 6.45) is 1.69. The largest absolute Gasteiger partial charge is 0.492 e. The minimum absolute atomic E-state index is 0.126. The van der Waals surface area contributed by atoms with E-state index in [1.165, 1.54) is 0 Å². The summed E-state index contributed by atoms with van der Waals surface area (Å²) < 4.78 is 11.1. The molecular formula is C18H29N3O3. The number of alkyl carbamates (subject to hydrolysis) is 1. The molecule has 2 rings (SSSR count). The molecule has 0 aliphatic carbocycles. The summed E-state index contributed by atoms with van der Waals surface area (Å²) in [6, 6.07) is 7.57. The number of likely N-dealkylation sites (tertiary alicyclic amines) is 1. The van der Waals surface area contributed by atoms with E-state index in [9.17, 15) is 4.79 Å². The fourth-order valence-corrected chi connectivity index (χ4v) is 2.75. The number of carbonyl (C=O) groups excluding carboxylic acids is 1. The van der Waals surface area contributed by atoms with E-state index in [0.29, 0.717) is 12.3 Å². The highest BCUT2D eigenvalue weighted by atomic mass is 16.6. The average Bonchev–Trinajstić information content (AvgIpc) is 2.45. The molecule has 1 aliphatic rings. The van der Waals surface area contributed by atoms with Gasteiger partial charge in [0.05, 0.1) is 0 Å². The van der Waals surface area contributed by atoms with Gasteiger partial charge in [0.25, 0.3) is 0 Å². The van der Waals surface area contributed by atoms with Crippen LogP contribution in [0, 0.1) is 0 Å². The first-order valence-electron chi connectivity index (χ1n) is 8.52. The number of nitrogens with zero attached hydrogens (tertiary/aromatic N) is 1. The molecule has 1 heterocycles. The smallest absolute Gasteiger partial charge is 0.407 e. The van der Waals surface area contributed by atoms with Crippen LogP contribution < -0.4 is 15.8 Å². The first-order chi connectivity index (χ1) is 11.3. The van der Waals surface area contributed by atoms with Gasteiger partial charge in [-0.2, -0.15) is 0 Å². The van der Waals surface area contributed by atoms with Crippen molar-refractivity contribution in [2.45, 2.75) is 45.3 Å². The SMILES string of the molecule is CC(C)(C)OC(=O)NC1CCCN(CCOc2cccc(N)c2)C1. The topological polar surface area (TPSA) is 76.8 Å². The predicted molar refractivity (Wildman–Crippen MR) is 95.2 cm³/mol. The Morgan fingerprint density at radius 1 is 1.42 bits per heavy atom. The van der Waals surface area contributed by atoms with Crippen molar-refractivity contribution in [1.29, 1.82) is 0 Å². The zero-order valence-corrected chi connectivity index (χ0v) is 14.9. The molecule has 1 amide bonds. The molecule has 0 radical (unpaired) electrons. The monoisotopic (exact) mass is 335 g/mol. The Bertz CT molecular complexity index is 543. The number of hydrogen-bond acceptors (Lipinski definition) is 5. The molecule has 1 saturated heterocycles. The van der Waals surface area contributed by atoms with Gasteiger partial charge in [-0.1, -0.05) is 6.07 Å². The van der Waals surface area contributed by atoms with Crippen LogP contribution in [0.1, 0.15) is 33.6 Å². The van der Waals surface area contributed by atoms with Crippen molar-refractivity contribution < 1.29 is 14.3 Å². The Hall–Kier alpha value is -1.95. The maximum atomic E-state index is 11.9. The number of anilines is 1. The Labute approximate surface area is 144 Å². The number of amides is 1. The van der Waals surface area contributed by atoms with Gasteiger partial charge < -0.3 is 20.5 Å². The molecule has 1 aromatic rings. The van der Waals surface area contributed by atoms with Gasteiger partial charge in [0.15, 0.2) is 0 Å². The maximum Gasteiger partial charge on any atom is 0.407 e. The number of benzene rings is 1. The summed E-state index contributed by atoms with van der Waals surface area (Å²) in [6.45, 7) is 8.87. The summed E-state index contributed by atoms with van der Waals surface area (Å²) in [5.74, 6) is 0.787. The second-order valence-electron chi connectivity index (χ2n) is 7.21. The molecule has 134 valence electrons. The van der Waals surface area contributed by atoms with Gasteiger partial charge in [-0.25, -0.2) is 4.79 Å². The molecule has 6 heteroatoms. The van der Waals surface area contributed by atoms with Crippen LogP contribution in [-0.2, 0) is 4.74 Å². The Morgan fingerprint density at radius 3 is 2.92 bits per heavy atom. The summed E-state index contributed by atoms with van der Waals surface area (Å²) in [4.78, 5) is 14.2. The van der Waals surface area contributed by atoms with E-state index in [-0.39, 0.29) is 12.1 Å². The van der Waals surface area contributed by atoms with E-state index >= 15 is 0 Å². The lowest BCUT2D eigenvalue weighted by atomic mass is 10.1. The standard InChI is InChI=1S/C18H29N3O3/c1-18(2,3)24-17(22)20-15-7-5-9-21(13-15)10-11-23-16-8-4-6-14(19)12-16/h4,6,8,12,15H,5,7,9-11,13,19H2,1-3H3,(H,20,22). The lowest BCUT2D eigenvalue weighted by Gasteiger charge is -2.33. The normalized spacial score (nSPS) is 18.9. The van der Waals surface area contributed by atoms with Crippen LogP contribution in [0.25, 0.3) is 0 Å².